The molecule has 1 atom stereocenters. The molecule has 4 rings (SSSR count). The summed E-state index contributed by atoms with van der Waals surface area (Å²) in [4.78, 5) is 18.7. The van der Waals surface area contributed by atoms with E-state index < -0.39 is 5.60 Å². The van der Waals surface area contributed by atoms with Gasteiger partial charge in [-0.05, 0) is 38.0 Å². The van der Waals surface area contributed by atoms with Crippen LogP contribution in [0.5, 0.6) is 11.5 Å². The second-order valence-electron chi connectivity index (χ2n) is 6.83. The van der Waals surface area contributed by atoms with Crippen molar-refractivity contribution in [2.45, 2.75) is 31.8 Å². The zero-order chi connectivity index (χ0) is 18.1. The smallest absolute Gasteiger partial charge is 0.254 e. The Morgan fingerprint density at radius 1 is 1.31 bits per heavy atom. The number of amides is 1. The summed E-state index contributed by atoms with van der Waals surface area (Å²) in [7, 11) is 0. The monoisotopic (exact) mass is 359 g/mol. The molecular formula is C18H21N3O5. The molecule has 138 valence electrons. The Balaban J connectivity index is 1.49. The molecule has 0 bridgehead atoms. The fraction of sp³-hybridized carbons (Fsp3) is 0.500. The number of aryl methyl sites for hydroxylation is 1. The molecule has 0 aliphatic carbocycles. The first-order chi connectivity index (χ1) is 12.5. The Hall–Kier alpha value is -2.61. The molecule has 8 heteroatoms. The molecule has 1 fully saturated rings. The van der Waals surface area contributed by atoms with Crippen LogP contribution in [0.1, 0.15) is 34.9 Å². The van der Waals surface area contributed by atoms with Crippen LogP contribution < -0.4 is 9.47 Å². The van der Waals surface area contributed by atoms with Gasteiger partial charge in [-0.15, -0.1) is 0 Å². The van der Waals surface area contributed by atoms with Crippen LogP contribution in [0.2, 0.25) is 0 Å². The van der Waals surface area contributed by atoms with Crippen LogP contribution in [0.3, 0.4) is 0 Å². The molecule has 2 aliphatic rings. The van der Waals surface area contributed by atoms with E-state index >= 15 is 0 Å². The number of hydrogen-bond donors (Lipinski definition) is 1. The molecule has 1 saturated heterocycles. The van der Waals surface area contributed by atoms with Crippen LogP contribution in [-0.2, 0) is 6.42 Å². The van der Waals surface area contributed by atoms with Crippen LogP contribution in [0.15, 0.2) is 22.7 Å². The Labute approximate surface area is 150 Å². The number of hydrogen-bond acceptors (Lipinski definition) is 7. The predicted molar refractivity (Wildman–Crippen MR) is 90.3 cm³/mol. The van der Waals surface area contributed by atoms with Crippen molar-refractivity contribution in [2.24, 2.45) is 0 Å². The summed E-state index contributed by atoms with van der Waals surface area (Å²) in [5.74, 6) is 2.01. The maximum Gasteiger partial charge on any atom is 0.254 e. The van der Waals surface area contributed by atoms with E-state index in [2.05, 4.69) is 10.1 Å². The number of fused-ring (bicyclic) bond motifs is 1. The van der Waals surface area contributed by atoms with Gasteiger partial charge >= 0.3 is 0 Å². The van der Waals surface area contributed by atoms with Crippen LogP contribution in [-0.4, -0.2) is 58.0 Å². The van der Waals surface area contributed by atoms with Gasteiger partial charge in [-0.2, -0.15) is 4.98 Å². The molecule has 1 aromatic carbocycles. The second-order valence-corrected chi connectivity index (χ2v) is 6.83. The van der Waals surface area contributed by atoms with E-state index in [1.54, 1.807) is 30.0 Å². The summed E-state index contributed by atoms with van der Waals surface area (Å²) in [6.07, 6.45) is 1.53. The summed E-state index contributed by atoms with van der Waals surface area (Å²) in [6.45, 7) is 3.53. The number of carbonyl (C=O) groups excluding carboxylic acids is 1. The third-order valence-electron chi connectivity index (χ3n) is 4.68. The molecule has 2 aliphatic heterocycles. The number of β-amino-alcohol motifs (C(OH)–C–C–N with tert-alkyl or cyclic N) is 1. The van der Waals surface area contributed by atoms with Crippen LogP contribution in [0, 0.1) is 6.92 Å². The number of likely N-dealkylation sites (tertiary alicyclic amines) is 1. The predicted octanol–water partition coefficient (Wildman–Crippen LogP) is 1.36. The summed E-state index contributed by atoms with van der Waals surface area (Å²) < 4.78 is 16.2. The van der Waals surface area contributed by atoms with Crippen molar-refractivity contribution in [1.29, 1.82) is 0 Å². The first-order valence-electron chi connectivity index (χ1n) is 8.73. The minimum absolute atomic E-state index is 0.137. The van der Waals surface area contributed by atoms with Gasteiger partial charge in [0.05, 0.1) is 18.6 Å². The first kappa shape index (κ1) is 16.8. The van der Waals surface area contributed by atoms with Crippen molar-refractivity contribution < 1.29 is 23.9 Å². The number of carbonyl (C=O) groups is 1. The van der Waals surface area contributed by atoms with E-state index in [1.807, 2.05) is 0 Å². The second kappa shape index (κ2) is 6.60. The molecule has 1 unspecified atom stereocenters. The lowest BCUT2D eigenvalue weighted by Gasteiger charge is -2.38. The molecule has 2 aromatic rings. The van der Waals surface area contributed by atoms with Gasteiger partial charge in [0.1, 0.15) is 13.2 Å². The number of benzene rings is 1. The highest BCUT2D eigenvalue weighted by molar-refractivity contribution is 5.95. The zero-order valence-electron chi connectivity index (χ0n) is 14.6. The fourth-order valence-electron chi connectivity index (χ4n) is 3.48. The number of aliphatic hydroxyl groups is 1. The maximum atomic E-state index is 12.9. The standard InChI is InChI=1S/C18H21N3O5/c1-12-19-16(26-20-12)10-18(23)5-2-6-21(11-18)17(22)13-3-4-14-15(9-13)25-8-7-24-14/h3-4,9,23H,2,5-8,10-11H2,1H3. The highest BCUT2D eigenvalue weighted by Gasteiger charge is 2.37. The highest BCUT2D eigenvalue weighted by atomic mass is 16.6. The summed E-state index contributed by atoms with van der Waals surface area (Å²) in [6, 6.07) is 5.18. The average Bonchev–Trinajstić information content (AvgIpc) is 3.04. The summed E-state index contributed by atoms with van der Waals surface area (Å²) in [5, 5.41) is 14.7. The van der Waals surface area contributed by atoms with E-state index in [4.69, 9.17) is 14.0 Å². The molecule has 1 aromatic heterocycles. The van der Waals surface area contributed by atoms with Crippen LogP contribution in [0.4, 0.5) is 0 Å². The minimum atomic E-state index is -1.07. The molecule has 0 spiro atoms. The topological polar surface area (TPSA) is 97.9 Å². The number of nitrogens with zero attached hydrogens (tertiary/aromatic N) is 3. The van der Waals surface area contributed by atoms with E-state index in [0.717, 1.165) is 0 Å². The Morgan fingerprint density at radius 3 is 2.88 bits per heavy atom. The maximum absolute atomic E-state index is 12.9. The molecular weight excluding hydrogens is 338 g/mol. The molecule has 8 nitrogen and oxygen atoms in total. The van der Waals surface area contributed by atoms with Crippen molar-refractivity contribution in [3.8, 4) is 11.5 Å². The molecule has 0 radical (unpaired) electrons. The van der Waals surface area contributed by atoms with Gasteiger partial charge in [0.15, 0.2) is 17.3 Å². The number of rotatable bonds is 3. The van der Waals surface area contributed by atoms with Crippen LogP contribution in [0.25, 0.3) is 0 Å². The van der Waals surface area contributed by atoms with Crippen molar-refractivity contribution >= 4 is 5.91 Å². The molecule has 26 heavy (non-hydrogen) atoms. The number of ether oxygens (including phenoxy) is 2. The van der Waals surface area contributed by atoms with Gasteiger partial charge in [-0.1, -0.05) is 5.16 Å². The van der Waals surface area contributed by atoms with Crippen molar-refractivity contribution in [3.63, 3.8) is 0 Å². The molecule has 1 amide bonds. The van der Waals surface area contributed by atoms with Gasteiger partial charge in [0.25, 0.3) is 5.91 Å². The van der Waals surface area contributed by atoms with Gasteiger partial charge in [0.2, 0.25) is 5.89 Å². The lowest BCUT2D eigenvalue weighted by atomic mass is 9.89. The molecule has 3 heterocycles. The van der Waals surface area contributed by atoms with Crippen molar-refractivity contribution in [1.82, 2.24) is 15.0 Å². The van der Waals surface area contributed by atoms with E-state index in [1.165, 1.54) is 0 Å². The Bertz CT molecular complexity index is 821. The number of piperidine rings is 1. The largest absolute Gasteiger partial charge is 0.486 e. The molecule has 0 saturated carbocycles. The molecule has 1 N–H and O–H groups in total. The SMILES string of the molecule is Cc1noc(CC2(O)CCCN(C(=O)c3ccc4c(c3)OCCO4)C2)n1. The van der Waals surface area contributed by atoms with Crippen LogP contribution >= 0.6 is 0 Å². The fourth-order valence-corrected chi connectivity index (χ4v) is 3.48. The first-order valence-corrected chi connectivity index (χ1v) is 8.73. The third kappa shape index (κ3) is 3.37. The minimum Gasteiger partial charge on any atom is -0.486 e. The zero-order valence-corrected chi connectivity index (χ0v) is 14.6. The van der Waals surface area contributed by atoms with Crippen molar-refractivity contribution in [2.75, 3.05) is 26.3 Å². The third-order valence-corrected chi connectivity index (χ3v) is 4.68. The van der Waals surface area contributed by atoms with Gasteiger partial charge in [0, 0.05) is 12.1 Å². The summed E-state index contributed by atoms with van der Waals surface area (Å²) in [5.41, 5.74) is -0.548. The summed E-state index contributed by atoms with van der Waals surface area (Å²) >= 11 is 0. The average molecular weight is 359 g/mol. The Morgan fingerprint density at radius 2 is 2.12 bits per heavy atom. The van der Waals surface area contributed by atoms with E-state index in [0.29, 0.717) is 61.4 Å². The van der Waals surface area contributed by atoms with Gasteiger partial charge < -0.3 is 24.0 Å². The van der Waals surface area contributed by atoms with E-state index in [-0.39, 0.29) is 18.9 Å². The Kier molecular flexibility index (Phi) is 4.28. The van der Waals surface area contributed by atoms with Crippen molar-refractivity contribution in [3.05, 3.63) is 35.5 Å². The van der Waals surface area contributed by atoms with E-state index in [9.17, 15) is 9.90 Å². The lowest BCUT2D eigenvalue weighted by molar-refractivity contribution is -0.0286. The lowest BCUT2D eigenvalue weighted by Crippen LogP contribution is -2.51. The highest BCUT2D eigenvalue weighted by Crippen LogP contribution is 2.32. The van der Waals surface area contributed by atoms with Gasteiger partial charge in [-0.3, -0.25) is 4.79 Å². The number of aromatic nitrogens is 2. The quantitative estimate of drug-likeness (QED) is 0.883. The van der Waals surface area contributed by atoms with Gasteiger partial charge in [-0.25, -0.2) is 0 Å². The normalized spacial score (nSPS) is 22.3.